The zero-order valence-corrected chi connectivity index (χ0v) is 18.6. The molecule has 4 nitrogen and oxygen atoms in total. The molecular formula is C22H16BrClN2O2S. The van der Waals surface area contributed by atoms with Crippen molar-refractivity contribution in [3.63, 3.8) is 0 Å². The summed E-state index contributed by atoms with van der Waals surface area (Å²) in [5, 5.41) is 4.27. The first-order valence-electron chi connectivity index (χ1n) is 8.94. The number of ether oxygens (including phenoxy) is 1. The highest BCUT2D eigenvalue weighted by Gasteiger charge is 2.13. The number of para-hydroxylation sites is 1. The molecule has 0 aliphatic heterocycles. The monoisotopic (exact) mass is 486 g/mol. The van der Waals surface area contributed by atoms with E-state index in [9.17, 15) is 4.79 Å². The maximum atomic E-state index is 12.6. The van der Waals surface area contributed by atoms with Crippen LogP contribution in [-0.4, -0.2) is 17.5 Å². The summed E-state index contributed by atoms with van der Waals surface area (Å²) in [4.78, 5) is 17.2. The van der Waals surface area contributed by atoms with Crippen molar-refractivity contribution >= 4 is 60.7 Å². The van der Waals surface area contributed by atoms with Crippen molar-refractivity contribution in [1.29, 1.82) is 0 Å². The Hall–Kier alpha value is -2.41. The van der Waals surface area contributed by atoms with Gasteiger partial charge in [-0.2, -0.15) is 0 Å². The van der Waals surface area contributed by atoms with Gasteiger partial charge >= 0.3 is 0 Å². The van der Waals surface area contributed by atoms with Gasteiger partial charge in [0, 0.05) is 16.8 Å². The maximum absolute atomic E-state index is 12.6. The minimum atomic E-state index is -0.224. The minimum absolute atomic E-state index is 0.224. The molecule has 0 bridgehead atoms. The van der Waals surface area contributed by atoms with E-state index >= 15 is 0 Å². The van der Waals surface area contributed by atoms with Crippen LogP contribution < -0.4 is 10.1 Å². The van der Waals surface area contributed by atoms with E-state index in [-0.39, 0.29) is 5.91 Å². The van der Waals surface area contributed by atoms with Gasteiger partial charge in [-0.1, -0.05) is 23.7 Å². The van der Waals surface area contributed by atoms with Gasteiger partial charge in [0.15, 0.2) is 0 Å². The van der Waals surface area contributed by atoms with Crippen LogP contribution in [0.3, 0.4) is 0 Å². The second kappa shape index (κ2) is 8.53. The number of halogens is 2. The number of carbonyl (C=O) groups is 1. The molecule has 7 heteroatoms. The number of fused-ring (bicyclic) bond motifs is 1. The average molecular weight is 488 g/mol. The fourth-order valence-electron chi connectivity index (χ4n) is 2.87. The van der Waals surface area contributed by atoms with Crippen LogP contribution in [0.4, 0.5) is 5.69 Å². The second-order valence-electron chi connectivity index (χ2n) is 6.21. The molecule has 4 rings (SSSR count). The number of nitrogens with zero attached hydrogens (tertiary/aromatic N) is 1. The Bertz CT molecular complexity index is 1180. The van der Waals surface area contributed by atoms with E-state index in [0.717, 1.165) is 25.3 Å². The lowest BCUT2D eigenvalue weighted by atomic mass is 10.1. The van der Waals surface area contributed by atoms with Crippen LogP contribution in [0.1, 0.15) is 17.3 Å². The Balaban J connectivity index is 1.55. The van der Waals surface area contributed by atoms with Crippen LogP contribution >= 0.6 is 38.9 Å². The predicted octanol–water partition coefficient (Wildman–Crippen LogP) is 7.03. The number of aromatic nitrogens is 1. The Morgan fingerprint density at radius 3 is 2.72 bits per heavy atom. The third kappa shape index (κ3) is 4.29. The maximum Gasteiger partial charge on any atom is 0.255 e. The number of hydrogen-bond donors (Lipinski definition) is 1. The lowest BCUT2D eigenvalue weighted by molar-refractivity contribution is 0.102. The molecule has 146 valence electrons. The Morgan fingerprint density at radius 1 is 1.17 bits per heavy atom. The van der Waals surface area contributed by atoms with Crippen molar-refractivity contribution in [3.05, 3.63) is 75.7 Å². The summed E-state index contributed by atoms with van der Waals surface area (Å²) in [5.74, 6) is 0.477. The lowest BCUT2D eigenvalue weighted by Crippen LogP contribution is -2.12. The van der Waals surface area contributed by atoms with Crippen LogP contribution in [-0.2, 0) is 0 Å². The van der Waals surface area contributed by atoms with Crippen molar-refractivity contribution in [2.24, 2.45) is 0 Å². The van der Waals surface area contributed by atoms with E-state index in [1.807, 2.05) is 43.3 Å². The van der Waals surface area contributed by atoms with Crippen LogP contribution in [0.25, 0.3) is 20.8 Å². The van der Waals surface area contributed by atoms with Gasteiger partial charge < -0.3 is 10.1 Å². The Morgan fingerprint density at radius 2 is 2.00 bits per heavy atom. The van der Waals surface area contributed by atoms with Crippen LogP contribution in [0.15, 0.2) is 65.1 Å². The van der Waals surface area contributed by atoms with Crippen molar-refractivity contribution in [2.75, 3.05) is 11.9 Å². The summed E-state index contributed by atoms with van der Waals surface area (Å²) in [5.41, 5.74) is 2.93. The summed E-state index contributed by atoms with van der Waals surface area (Å²) in [6.07, 6.45) is 0. The molecule has 0 spiro atoms. The topological polar surface area (TPSA) is 51.2 Å². The van der Waals surface area contributed by atoms with Gasteiger partial charge in [-0.15, -0.1) is 11.3 Å². The number of anilines is 1. The molecule has 1 heterocycles. The molecule has 0 atom stereocenters. The molecule has 0 aliphatic carbocycles. The molecular weight excluding hydrogens is 472 g/mol. The SMILES string of the molecule is CCOc1ccc(C(=O)Nc2ccc(-c3nc4ccccc4s3)c(Cl)c2)cc1Br. The molecule has 29 heavy (non-hydrogen) atoms. The standard InChI is InChI=1S/C22H16BrClN2O2S/c1-2-28-19-10-7-13(11-16(19)23)21(27)25-14-8-9-15(17(24)12-14)22-26-18-5-3-4-6-20(18)29-22/h3-12H,2H2,1H3,(H,25,27). The highest BCUT2D eigenvalue weighted by Crippen LogP contribution is 2.35. The molecule has 1 aromatic heterocycles. The van der Waals surface area contributed by atoms with Gasteiger partial charge in [-0.05, 0) is 71.4 Å². The predicted molar refractivity (Wildman–Crippen MR) is 123 cm³/mol. The first-order valence-corrected chi connectivity index (χ1v) is 10.9. The molecule has 0 fully saturated rings. The van der Waals surface area contributed by atoms with Gasteiger partial charge in [0.05, 0.1) is 26.3 Å². The quantitative estimate of drug-likeness (QED) is 0.329. The van der Waals surface area contributed by atoms with Crippen LogP contribution in [0.2, 0.25) is 5.02 Å². The number of hydrogen-bond acceptors (Lipinski definition) is 4. The van der Waals surface area contributed by atoms with Gasteiger partial charge in [0.2, 0.25) is 0 Å². The summed E-state index contributed by atoms with van der Waals surface area (Å²) in [6, 6.07) is 18.6. The van der Waals surface area contributed by atoms with E-state index in [0.29, 0.717) is 28.6 Å². The lowest BCUT2D eigenvalue weighted by Gasteiger charge is -2.10. The number of rotatable bonds is 5. The summed E-state index contributed by atoms with van der Waals surface area (Å²) in [6.45, 7) is 2.47. The largest absolute Gasteiger partial charge is 0.493 e. The van der Waals surface area contributed by atoms with E-state index in [2.05, 4.69) is 26.2 Å². The van der Waals surface area contributed by atoms with Gasteiger partial charge in [0.1, 0.15) is 10.8 Å². The highest BCUT2D eigenvalue weighted by molar-refractivity contribution is 9.10. The van der Waals surface area contributed by atoms with E-state index in [1.165, 1.54) is 0 Å². The molecule has 1 N–H and O–H groups in total. The number of carbonyl (C=O) groups excluding carboxylic acids is 1. The molecule has 0 unspecified atom stereocenters. The molecule has 0 saturated heterocycles. The zero-order chi connectivity index (χ0) is 20.4. The van der Waals surface area contributed by atoms with Crippen molar-refractivity contribution < 1.29 is 9.53 Å². The Labute approximate surface area is 185 Å². The molecule has 0 saturated carbocycles. The van der Waals surface area contributed by atoms with E-state index in [4.69, 9.17) is 16.3 Å². The summed E-state index contributed by atoms with van der Waals surface area (Å²) in [7, 11) is 0. The van der Waals surface area contributed by atoms with Gasteiger partial charge in [-0.3, -0.25) is 4.79 Å². The van der Waals surface area contributed by atoms with Gasteiger partial charge in [0.25, 0.3) is 5.91 Å². The second-order valence-corrected chi connectivity index (χ2v) is 8.51. The fourth-order valence-corrected chi connectivity index (χ4v) is 4.70. The molecule has 1 amide bonds. The van der Waals surface area contributed by atoms with Crippen molar-refractivity contribution in [1.82, 2.24) is 4.98 Å². The highest BCUT2D eigenvalue weighted by atomic mass is 79.9. The average Bonchev–Trinajstić information content (AvgIpc) is 3.13. The van der Waals surface area contributed by atoms with E-state index in [1.54, 1.807) is 35.6 Å². The van der Waals surface area contributed by atoms with Crippen LogP contribution in [0, 0.1) is 0 Å². The summed E-state index contributed by atoms with van der Waals surface area (Å²) < 4.78 is 7.32. The number of thiazole rings is 1. The minimum Gasteiger partial charge on any atom is -0.493 e. The van der Waals surface area contributed by atoms with E-state index < -0.39 is 0 Å². The number of nitrogens with one attached hydrogen (secondary N) is 1. The van der Waals surface area contributed by atoms with Crippen molar-refractivity contribution in [3.8, 4) is 16.3 Å². The third-order valence-corrected chi connectivity index (χ3v) is 6.25. The molecule has 3 aromatic carbocycles. The molecule has 4 aromatic rings. The number of amides is 1. The first kappa shape index (κ1) is 19.9. The van der Waals surface area contributed by atoms with Gasteiger partial charge in [-0.25, -0.2) is 4.98 Å². The normalized spacial score (nSPS) is 10.9. The third-order valence-electron chi connectivity index (χ3n) is 4.25. The smallest absolute Gasteiger partial charge is 0.255 e. The molecule has 0 radical (unpaired) electrons. The first-order chi connectivity index (χ1) is 14.0. The fraction of sp³-hybridized carbons (Fsp3) is 0.0909. The summed E-state index contributed by atoms with van der Waals surface area (Å²) >= 11 is 11.5. The Kier molecular flexibility index (Phi) is 5.85. The van der Waals surface area contributed by atoms with Crippen LogP contribution in [0.5, 0.6) is 5.75 Å². The molecule has 0 aliphatic rings. The zero-order valence-electron chi connectivity index (χ0n) is 15.4. The number of benzene rings is 3. The van der Waals surface area contributed by atoms with Crippen molar-refractivity contribution in [2.45, 2.75) is 6.92 Å².